The molecule has 1 aromatic heterocycles. The average molecular weight is 521 g/mol. The molecule has 6 nitrogen and oxygen atoms in total. The number of hydrogen-bond donors (Lipinski definition) is 0. The van der Waals surface area contributed by atoms with Gasteiger partial charge in [-0.15, -0.1) is 0 Å². The zero-order valence-electron chi connectivity index (χ0n) is 22.3. The second-order valence-corrected chi connectivity index (χ2v) is 10.7. The van der Waals surface area contributed by atoms with Crippen LogP contribution in [-0.4, -0.2) is 34.7 Å². The van der Waals surface area contributed by atoms with E-state index < -0.39 is 0 Å². The van der Waals surface area contributed by atoms with E-state index in [1.54, 1.807) is 46.2 Å². The highest BCUT2D eigenvalue weighted by atomic mass is 19.1. The smallest absolute Gasteiger partial charge is 0.242 e. The van der Waals surface area contributed by atoms with Crippen LogP contribution in [0.2, 0.25) is 0 Å². The SMILES string of the molecule is CC(C)CCN(CC(=O)N(Cc1ccc(F)cc1)Cc1coc2ccccc2c1=O)C(=O)C1CCCCC1. The summed E-state index contributed by atoms with van der Waals surface area (Å²) in [5.74, 6) is -0.216. The molecule has 0 bridgehead atoms. The lowest BCUT2D eigenvalue weighted by molar-refractivity contribution is -0.144. The molecule has 0 aliphatic heterocycles. The Morgan fingerprint density at radius 3 is 2.39 bits per heavy atom. The van der Waals surface area contributed by atoms with Gasteiger partial charge < -0.3 is 14.2 Å². The van der Waals surface area contributed by atoms with Crippen LogP contribution in [0.1, 0.15) is 63.5 Å². The molecular formula is C31H37FN2O4. The maximum Gasteiger partial charge on any atom is 0.242 e. The predicted molar refractivity (Wildman–Crippen MR) is 146 cm³/mol. The standard InChI is InChI=1S/C31H37FN2O4/c1-22(2)16-17-33(31(37)24-8-4-3-5-9-24)20-29(35)34(18-23-12-14-26(32)15-13-23)19-25-21-38-28-11-7-6-10-27(28)30(25)36/h6-7,10-15,21-22,24H,3-5,8-9,16-20H2,1-2H3. The Bertz CT molecular complexity index is 1300. The second-order valence-electron chi connectivity index (χ2n) is 10.7. The maximum atomic E-state index is 13.8. The van der Waals surface area contributed by atoms with Crippen LogP contribution in [0.25, 0.3) is 11.0 Å². The molecule has 202 valence electrons. The summed E-state index contributed by atoms with van der Waals surface area (Å²) in [6, 6.07) is 13.0. The van der Waals surface area contributed by atoms with Gasteiger partial charge in [-0.3, -0.25) is 14.4 Å². The zero-order valence-corrected chi connectivity index (χ0v) is 22.3. The normalized spacial score (nSPS) is 14.1. The Morgan fingerprint density at radius 1 is 0.974 bits per heavy atom. The molecule has 38 heavy (non-hydrogen) atoms. The molecule has 0 unspecified atom stereocenters. The van der Waals surface area contributed by atoms with E-state index in [0.29, 0.717) is 29.0 Å². The van der Waals surface area contributed by atoms with Crippen LogP contribution >= 0.6 is 0 Å². The molecule has 4 rings (SSSR count). The molecule has 0 radical (unpaired) electrons. The molecule has 0 saturated heterocycles. The van der Waals surface area contributed by atoms with Crippen molar-refractivity contribution in [3.8, 4) is 0 Å². The number of amides is 2. The van der Waals surface area contributed by atoms with Gasteiger partial charge in [0.05, 0.1) is 30.3 Å². The third-order valence-electron chi connectivity index (χ3n) is 7.32. The van der Waals surface area contributed by atoms with E-state index >= 15 is 0 Å². The summed E-state index contributed by atoms with van der Waals surface area (Å²) in [4.78, 5) is 43.7. The summed E-state index contributed by atoms with van der Waals surface area (Å²) in [6.07, 6.45) is 7.16. The first-order valence-electron chi connectivity index (χ1n) is 13.6. The molecule has 3 aromatic rings. The third kappa shape index (κ3) is 7.09. The summed E-state index contributed by atoms with van der Waals surface area (Å²) in [5, 5.41) is 0.449. The van der Waals surface area contributed by atoms with Gasteiger partial charge in [0.1, 0.15) is 11.4 Å². The zero-order chi connectivity index (χ0) is 27.1. The number of fused-ring (bicyclic) bond motifs is 1. The molecule has 1 heterocycles. The highest BCUT2D eigenvalue weighted by molar-refractivity contribution is 5.86. The summed E-state index contributed by atoms with van der Waals surface area (Å²) >= 11 is 0. The van der Waals surface area contributed by atoms with Crippen LogP contribution in [0.15, 0.2) is 64.0 Å². The van der Waals surface area contributed by atoms with Gasteiger partial charge in [0.25, 0.3) is 0 Å². The molecule has 0 atom stereocenters. The molecule has 2 amide bonds. The Morgan fingerprint density at radius 2 is 1.68 bits per heavy atom. The second kappa shape index (κ2) is 12.9. The highest BCUT2D eigenvalue weighted by Crippen LogP contribution is 2.26. The first-order valence-corrected chi connectivity index (χ1v) is 13.6. The average Bonchev–Trinajstić information content (AvgIpc) is 2.93. The Hall–Kier alpha value is -3.48. The van der Waals surface area contributed by atoms with Gasteiger partial charge in [-0.25, -0.2) is 4.39 Å². The molecule has 1 fully saturated rings. The molecule has 1 saturated carbocycles. The summed E-state index contributed by atoms with van der Waals surface area (Å²) in [6.45, 7) is 4.87. The number of hydrogen-bond acceptors (Lipinski definition) is 4. The lowest BCUT2D eigenvalue weighted by Crippen LogP contribution is -2.45. The topological polar surface area (TPSA) is 70.8 Å². The van der Waals surface area contributed by atoms with Gasteiger partial charge >= 0.3 is 0 Å². The van der Waals surface area contributed by atoms with Gasteiger partial charge in [-0.1, -0.05) is 57.4 Å². The molecule has 0 N–H and O–H groups in total. The van der Waals surface area contributed by atoms with E-state index in [2.05, 4.69) is 13.8 Å². The lowest BCUT2D eigenvalue weighted by atomic mass is 9.88. The summed E-state index contributed by atoms with van der Waals surface area (Å²) in [7, 11) is 0. The largest absolute Gasteiger partial charge is 0.464 e. The molecular weight excluding hydrogens is 483 g/mol. The van der Waals surface area contributed by atoms with E-state index in [-0.39, 0.29) is 48.6 Å². The van der Waals surface area contributed by atoms with E-state index in [9.17, 15) is 18.8 Å². The fourth-order valence-electron chi connectivity index (χ4n) is 5.03. The van der Waals surface area contributed by atoms with Crippen LogP contribution in [-0.2, 0) is 22.7 Å². The van der Waals surface area contributed by atoms with Crippen molar-refractivity contribution in [1.29, 1.82) is 0 Å². The maximum absolute atomic E-state index is 13.8. The van der Waals surface area contributed by atoms with Gasteiger partial charge in [-0.05, 0) is 55.0 Å². The van der Waals surface area contributed by atoms with Gasteiger partial charge in [0, 0.05) is 19.0 Å². The minimum absolute atomic E-state index is 0.0268. The van der Waals surface area contributed by atoms with Gasteiger partial charge in [0.15, 0.2) is 5.43 Å². The van der Waals surface area contributed by atoms with Crippen molar-refractivity contribution in [2.45, 2.75) is 65.5 Å². The first kappa shape index (κ1) is 27.6. The van der Waals surface area contributed by atoms with E-state index in [1.165, 1.54) is 18.4 Å². The van der Waals surface area contributed by atoms with E-state index in [0.717, 1.165) is 44.1 Å². The number of nitrogens with zero attached hydrogens (tertiary/aromatic N) is 2. The Kier molecular flexibility index (Phi) is 9.32. The minimum atomic E-state index is -0.361. The monoisotopic (exact) mass is 520 g/mol. The minimum Gasteiger partial charge on any atom is -0.464 e. The Balaban J connectivity index is 1.59. The third-order valence-corrected chi connectivity index (χ3v) is 7.32. The van der Waals surface area contributed by atoms with Crippen LogP contribution in [0, 0.1) is 17.7 Å². The van der Waals surface area contributed by atoms with Crippen molar-refractivity contribution in [2.75, 3.05) is 13.1 Å². The van der Waals surface area contributed by atoms with Crippen molar-refractivity contribution < 1.29 is 18.4 Å². The quantitative estimate of drug-likeness (QED) is 0.333. The molecule has 1 aliphatic rings. The van der Waals surface area contributed by atoms with Crippen molar-refractivity contribution in [1.82, 2.24) is 9.80 Å². The van der Waals surface area contributed by atoms with Crippen LogP contribution in [0.3, 0.4) is 0 Å². The van der Waals surface area contributed by atoms with Crippen molar-refractivity contribution in [3.63, 3.8) is 0 Å². The van der Waals surface area contributed by atoms with Gasteiger partial charge in [0.2, 0.25) is 11.8 Å². The summed E-state index contributed by atoms with van der Waals surface area (Å²) < 4.78 is 19.2. The predicted octanol–water partition coefficient (Wildman–Crippen LogP) is 5.92. The fraction of sp³-hybridized carbons (Fsp3) is 0.452. The van der Waals surface area contributed by atoms with E-state index in [1.807, 2.05) is 0 Å². The van der Waals surface area contributed by atoms with Crippen molar-refractivity contribution in [3.05, 3.63) is 82.0 Å². The van der Waals surface area contributed by atoms with Crippen molar-refractivity contribution >= 4 is 22.8 Å². The summed E-state index contributed by atoms with van der Waals surface area (Å²) in [5.41, 5.74) is 1.37. The number of halogens is 1. The number of rotatable bonds is 10. The van der Waals surface area contributed by atoms with Gasteiger partial charge in [-0.2, -0.15) is 0 Å². The van der Waals surface area contributed by atoms with Crippen LogP contribution < -0.4 is 5.43 Å². The number of benzene rings is 2. The molecule has 2 aromatic carbocycles. The van der Waals surface area contributed by atoms with Crippen LogP contribution in [0.5, 0.6) is 0 Å². The molecule has 1 aliphatic carbocycles. The number of carbonyl (C=O) groups excluding carboxylic acids is 2. The fourth-order valence-corrected chi connectivity index (χ4v) is 5.03. The van der Waals surface area contributed by atoms with Crippen molar-refractivity contribution in [2.24, 2.45) is 11.8 Å². The molecule has 0 spiro atoms. The van der Waals surface area contributed by atoms with Crippen LogP contribution in [0.4, 0.5) is 4.39 Å². The Labute approximate surface area is 223 Å². The highest BCUT2D eigenvalue weighted by Gasteiger charge is 2.29. The van der Waals surface area contributed by atoms with E-state index in [4.69, 9.17) is 4.42 Å². The number of carbonyl (C=O) groups is 2. The number of para-hydroxylation sites is 1. The lowest BCUT2D eigenvalue weighted by Gasteiger charge is -2.32. The first-order chi connectivity index (χ1) is 18.3. The molecule has 7 heteroatoms.